The SMILES string of the molecule is O=C(CN1CCN(S(=O)(=O)c2ccc(Br)cc2)CC1)NN=Cc1ccc(Cl)cc1. The van der Waals surface area contributed by atoms with Crippen LogP contribution in [0.15, 0.2) is 63.0 Å². The summed E-state index contributed by atoms with van der Waals surface area (Å²) in [5.74, 6) is -0.251. The number of hydrogen-bond acceptors (Lipinski definition) is 5. The van der Waals surface area contributed by atoms with Gasteiger partial charge in [-0.05, 0) is 42.0 Å². The normalized spacial score (nSPS) is 16.2. The Morgan fingerprint density at radius 1 is 1.07 bits per heavy atom. The average molecular weight is 500 g/mol. The number of halogens is 2. The number of rotatable bonds is 6. The van der Waals surface area contributed by atoms with E-state index in [-0.39, 0.29) is 17.3 Å². The summed E-state index contributed by atoms with van der Waals surface area (Å²) in [4.78, 5) is 14.2. The molecule has 1 N–H and O–H groups in total. The minimum absolute atomic E-state index is 0.157. The van der Waals surface area contributed by atoms with Crippen molar-refractivity contribution >= 4 is 49.7 Å². The number of hydrazone groups is 1. The van der Waals surface area contributed by atoms with E-state index in [1.807, 2.05) is 4.90 Å². The molecule has 0 atom stereocenters. The van der Waals surface area contributed by atoms with Crippen molar-refractivity contribution in [1.29, 1.82) is 0 Å². The average Bonchev–Trinajstić information content (AvgIpc) is 2.70. The van der Waals surface area contributed by atoms with Crippen molar-refractivity contribution in [3.8, 4) is 0 Å². The number of nitrogens with one attached hydrogen (secondary N) is 1. The van der Waals surface area contributed by atoms with E-state index in [2.05, 4.69) is 26.5 Å². The van der Waals surface area contributed by atoms with E-state index < -0.39 is 10.0 Å². The molecule has 0 aromatic heterocycles. The highest BCUT2D eigenvalue weighted by Crippen LogP contribution is 2.20. The molecular formula is C19H20BrClN4O3S. The third-order valence-corrected chi connectivity index (χ3v) is 7.12. The molecule has 154 valence electrons. The number of sulfonamides is 1. The molecule has 0 aliphatic carbocycles. The van der Waals surface area contributed by atoms with Crippen LogP contribution in [0.1, 0.15) is 5.56 Å². The quantitative estimate of drug-likeness (QED) is 0.489. The van der Waals surface area contributed by atoms with Gasteiger partial charge in [-0.1, -0.05) is 39.7 Å². The van der Waals surface area contributed by atoms with Crippen LogP contribution in [-0.4, -0.2) is 62.5 Å². The number of nitrogens with zero attached hydrogens (tertiary/aromatic N) is 3. The van der Waals surface area contributed by atoms with Crippen molar-refractivity contribution in [3.63, 3.8) is 0 Å². The summed E-state index contributed by atoms with van der Waals surface area (Å²) in [7, 11) is -3.53. The molecule has 1 saturated heterocycles. The predicted octanol–water partition coefficient (Wildman–Crippen LogP) is 2.56. The maximum atomic E-state index is 12.7. The number of benzene rings is 2. The summed E-state index contributed by atoms with van der Waals surface area (Å²) < 4.78 is 27.7. The van der Waals surface area contributed by atoms with Crippen LogP contribution in [0.3, 0.4) is 0 Å². The zero-order chi connectivity index (χ0) is 20.9. The van der Waals surface area contributed by atoms with Crippen molar-refractivity contribution in [2.75, 3.05) is 32.7 Å². The molecule has 7 nitrogen and oxygen atoms in total. The molecule has 0 bridgehead atoms. The Bertz CT molecular complexity index is 974. The first-order valence-electron chi connectivity index (χ1n) is 8.90. The number of piperazine rings is 1. The lowest BCUT2D eigenvalue weighted by Gasteiger charge is -2.33. The van der Waals surface area contributed by atoms with Gasteiger partial charge >= 0.3 is 0 Å². The number of carbonyl (C=O) groups is 1. The van der Waals surface area contributed by atoms with E-state index in [0.29, 0.717) is 31.2 Å². The molecule has 0 spiro atoms. The van der Waals surface area contributed by atoms with Gasteiger partial charge in [-0.15, -0.1) is 0 Å². The van der Waals surface area contributed by atoms with Crippen molar-refractivity contribution in [1.82, 2.24) is 14.6 Å². The molecule has 29 heavy (non-hydrogen) atoms. The third-order valence-electron chi connectivity index (χ3n) is 4.42. The molecule has 2 aromatic carbocycles. The van der Waals surface area contributed by atoms with Crippen molar-refractivity contribution in [3.05, 3.63) is 63.6 Å². The molecule has 1 heterocycles. The van der Waals surface area contributed by atoms with E-state index in [0.717, 1.165) is 10.0 Å². The summed E-state index contributed by atoms with van der Waals surface area (Å²) in [5, 5.41) is 4.57. The van der Waals surface area contributed by atoms with Crippen molar-refractivity contribution < 1.29 is 13.2 Å². The maximum Gasteiger partial charge on any atom is 0.254 e. The Kier molecular flexibility index (Phi) is 7.42. The molecule has 10 heteroatoms. The monoisotopic (exact) mass is 498 g/mol. The number of amides is 1. The van der Waals surface area contributed by atoms with Gasteiger partial charge in [0.25, 0.3) is 5.91 Å². The molecule has 1 aliphatic rings. The van der Waals surface area contributed by atoms with Gasteiger partial charge in [-0.3, -0.25) is 9.69 Å². The molecule has 1 amide bonds. The first-order valence-corrected chi connectivity index (χ1v) is 11.5. The Morgan fingerprint density at radius 2 is 1.69 bits per heavy atom. The van der Waals surface area contributed by atoms with Crippen LogP contribution >= 0.6 is 27.5 Å². The van der Waals surface area contributed by atoms with Crippen LogP contribution < -0.4 is 5.43 Å². The zero-order valence-electron chi connectivity index (χ0n) is 15.5. The lowest BCUT2D eigenvalue weighted by Crippen LogP contribution is -2.50. The standard InChI is InChI=1S/C19H20BrClN4O3S/c20-16-3-7-18(8-4-16)29(27,28)25-11-9-24(10-12-25)14-19(26)23-22-13-15-1-5-17(21)6-2-15/h1-8,13H,9-12,14H2,(H,23,26). The van der Waals surface area contributed by atoms with Gasteiger partial charge in [0.1, 0.15) is 0 Å². The molecule has 2 aromatic rings. The Labute approximate surface area is 183 Å². The first kappa shape index (κ1) is 21.9. The molecule has 0 unspecified atom stereocenters. The van der Waals surface area contributed by atoms with E-state index in [4.69, 9.17) is 11.6 Å². The van der Waals surface area contributed by atoms with Gasteiger partial charge in [0.2, 0.25) is 10.0 Å². The largest absolute Gasteiger partial charge is 0.292 e. The number of hydrogen-bond donors (Lipinski definition) is 1. The summed E-state index contributed by atoms with van der Waals surface area (Å²) >= 11 is 9.13. The second-order valence-corrected chi connectivity index (χ2v) is 9.77. The summed E-state index contributed by atoms with van der Waals surface area (Å²) in [6.07, 6.45) is 1.54. The maximum absolute atomic E-state index is 12.7. The molecule has 1 fully saturated rings. The Hall–Kier alpha value is -1.78. The van der Waals surface area contributed by atoms with E-state index in [1.165, 1.54) is 10.5 Å². The van der Waals surface area contributed by atoms with Gasteiger partial charge in [0.15, 0.2) is 0 Å². The fourth-order valence-corrected chi connectivity index (χ4v) is 4.66. The van der Waals surface area contributed by atoms with Crippen LogP contribution in [0.25, 0.3) is 0 Å². The fourth-order valence-electron chi connectivity index (χ4n) is 2.85. The van der Waals surface area contributed by atoms with E-state index in [9.17, 15) is 13.2 Å². The van der Waals surface area contributed by atoms with Gasteiger partial charge < -0.3 is 0 Å². The van der Waals surface area contributed by atoms with Crippen LogP contribution in [0, 0.1) is 0 Å². The van der Waals surface area contributed by atoms with Crippen LogP contribution in [0.2, 0.25) is 5.02 Å². The highest BCUT2D eigenvalue weighted by molar-refractivity contribution is 9.10. The van der Waals surface area contributed by atoms with Crippen molar-refractivity contribution in [2.45, 2.75) is 4.90 Å². The second kappa shape index (κ2) is 9.82. The van der Waals surface area contributed by atoms with Gasteiger partial charge in [0.05, 0.1) is 17.7 Å². The lowest BCUT2D eigenvalue weighted by molar-refractivity contribution is -0.122. The summed E-state index contributed by atoms with van der Waals surface area (Å²) in [5.41, 5.74) is 3.31. The fraction of sp³-hybridized carbons (Fsp3) is 0.263. The minimum Gasteiger partial charge on any atom is -0.292 e. The minimum atomic E-state index is -3.53. The van der Waals surface area contributed by atoms with E-state index in [1.54, 1.807) is 48.5 Å². The first-order chi connectivity index (χ1) is 13.8. The smallest absolute Gasteiger partial charge is 0.254 e. The third kappa shape index (κ3) is 6.10. The lowest BCUT2D eigenvalue weighted by atomic mass is 10.2. The summed E-state index contributed by atoms with van der Waals surface area (Å²) in [6, 6.07) is 13.6. The Morgan fingerprint density at radius 3 is 2.31 bits per heavy atom. The predicted molar refractivity (Wildman–Crippen MR) is 117 cm³/mol. The van der Waals surface area contributed by atoms with E-state index >= 15 is 0 Å². The number of carbonyl (C=O) groups excluding carboxylic acids is 1. The Balaban J connectivity index is 1.47. The summed E-state index contributed by atoms with van der Waals surface area (Å²) in [6.45, 7) is 1.78. The van der Waals surface area contributed by atoms with Crippen LogP contribution in [0.4, 0.5) is 0 Å². The molecule has 0 radical (unpaired) electrons. The highest BCUT2D eigenvalue weighted by Gasteiger charge is 2.28. The van der Waals surface area contributed by atoms with Gasteiger partial charge in [0, 0.05) is 35.7 Å². The molecule has 0 saturated carbocycles. The van der Waals surface area contributed by atoms with Crippen LogP contribution in [-0.2, 0) is 14.8 Å². The molecular weight excluding hydrogens is 480 g/mol. The van der Waals surface area contributed by atoms with Crippen LogP contribution in [0.5, 0.6) is 0 Å². The van der Waals surface area contributed by atoms with Crippen molar-refractivity contribution in [2.24, 2.45) is 5.10 Å². The topological polar surface area (TPSA) is 82.1 Å². The van der Waals surface area contributed by atoms with Gasteiger partial charge in [-0.2, -0.15) is 9.41 Å². The second-order valence-electron chi connectivity index (χ2n) is 6.48. The highest BCUT2D eigenvalue weighted by atomic mass is 79.9. The molecule has 1 aliphatic heterocycles. The zero-order valence-corrected chi connectivity index (χ0v) is 18.6. The van der Waals surface area contributed by atoms with Gasteiger partial charge in [-0.25, -0.2) is 13.8 Å². The molecule has 3 rings (SSSR count).